The van der Waals surface area contributed by atoms with E-state index in [-0.39, 0.29) is 11.9 Å². The maximum atomic E-state index is 10.8. The van der Waals surface area contributed by atoms with Crippen LogP contribution in [0.3, 0.4) is 0 Å². The highest BCUT2D eigenvalue weighted by molar-refractivity contribution is 7.16. The van der Waals surface area contributed by atoms with Gasteiger partial charge in [0.25, 0.3) is 6.47 Å². The highest BCUT2D eigenvalue weighted by Crippen LogP contribution is 2.39. The first-order chi connectivity index (χ1) is 15.0. The highest BCUT2D eigenvalue weighted by atomic mass is 32.1. The van der Waals surface area contributed by atoms with Crippen LogP contribution in [0, 0.1) is 0 Å². The molecule has 2 heterocycles. The predicted molar refractivity (Wildman–Crippen MR) is 118 cm³/mol. The molecule has 2 aromatic carbocycles. The van der Waals surface area contributed by atoms with Crippen molar-refractivity contribution in [1.82, 2.24) is 15.2 Å². The summed E-state index contributed by atoms with van der Waals surface area (Å²) in [5, 5.41) is 20.5. The van der Waals surface area contributed by atoms with Crippen LogP contribution in [-0.2, 0) is 9.45 Å². The molecule has 0 aliphatic heterocycles. The van der Waals surface area contributed by atoms with Crippen molar-refractivity contribution in [2.75, 3.05) is 20.0 Å². The minimum atomic E-state index is -1.50. The molecule has 0 unspecified atom stereocenters. The number of aromatic nitrogens is 3. The standard InChI is InChI=1S/C20H17BN4O5S/c1-28-18-7-14(20-23-9-19(29-2)31-20)13(6-15(18)21(27)30-10-26)11-3-4-12-16(22)8-24-25-17(12)5-11/h3-10,27H,1-2H3,(H2,22,25). The number of nitrogens with two attached hydrogens (primary N) is 1. The summed E-state index contributed by atoms with van der Waals surface area (Å²) in [5.41, 5.74) is 9.65. The maximum absolute atomic E-state index is 10.8. The van der Waals surface area contributed by atoms with Gasteiger partial charge in [0.1, 0.15) is 10.8 Å². The normalized spacial score (nSPS) is 10.7. The van der Waals surface area contributed by atoms with Crippen molar-refractivity contribution >= 4 is 47.0 Å². The zero-order valence-electron chi connectivity index (χ0n) is 16.6. The van der Waals surface area contributed by atoms with Crippen LogP contribution < -0.4 is 20.7 Å². The van der Waals surface area contributed by atoms with Crippen molar-refractivity contribution < 1.29 is 23.9 Å². The van der Waals surface area contributed by atoms with Crippen LogP contribution >= 0.6 is 11.3 Å². The fraction of sp³-hybridized carbons (Fsp3) is 0.100. The second kappa shape index (κ2) is 8.58. The van der Waals surface area contributed by atoms with Gasteiger partial charge in [0.2, 0.25) is 0 Å². The van der Waals surface area contributed by atoms with Crippen molar-refractivity contribution in [3.8, 4) is 32.5 Å². The lowest BCUT2D eigenvalue weighted by molar-refractivity contribution is -0.121. The molecular formula is C20H17BN4O5S. The number of rotatable bonds is 7. The number of benzene rings is 2. The van der Waals surface area contributed by atoms with Crippen LogP contribution in [-0.4, -0.2) is 48.0 Å². The van der Waals surface area contributed by atoms with Gasteiger partial charge in [-0.2, -0.15) is 10.2 Å². The number of fused-ring (bicyclic) bond motifs is 1. The van der Waals surface area contributed by atoms with Crippen molar-refractivity contribution in [3.05, 3.63) is 42.7 Å². The molecule has 156 valence electrons. The molecule has 31 heavy (non-hydrogen) atoms. The molecular weight excluding hydrogens is 419 g/mol. The third kappa shape index (κ3) is 3.88. The summed E-state index contributed by atoms with van der Waals surface area (Å²) in [6.45, 7) is 0.178. The zero-order valence-corrected chi connectivity index (χ0v) is 17.4. The van der Waals surface area contributed by atoms with Gasteiger partial charge in [0.05, 0.1) is 37.8 Å². The van der Waals surface area contributed by atoms with Crippen LogP contribution in [0.5, 0.6) is 10.8 Å². The molecule has 0 amide bonds. The summed E-state index contributed by atoms with van der Waals surface area (Å²) >= 11 is 1.36. The van der Waals surface area contributed by atoms with Gasteiger partial charge < -0.3 is 24.9 Å². The average molecular weight is 436 g/mol. The molecule has 0 saturated carbocycles. The van der Waals surface area contributed by atoms with E-state index in [9.17, 15) is 9.82 Å². The smallest absolute Gasteiger partial charge is 0.508 e. The summed E-state index contributed by atoms with van der Waals surface area (Å²) in [7, 11) is 1.54. The van der Waals surface area contributed by atoms with Gasteiger partial charge in [-0.05, 0) is 35.4 Å². The molecule has 0 bridgehead atoms. The van der Waals surface area contributed by atoms with Gasteiger partial charge in [-0.25, -0.2) is 4.98 Å². The third-order valence-electron chi connectivity index (χ3n) is 4.72. The summed E-state index contributed by atoms with van der Waals surface area (Å²) in [6.07, 6.45) is 3.12. The van der Waals surface area contributed by atoms with Crippen molar-refractivity contribution in [2.24, 2.45) is 0 Å². The number of carbonyl (C=O) groups is 1. The average Bonchev–Trinajstić information content (AvgIpc) is 3.27. The van der Waals surface area contributed by atoms with Crippen molar-refractivity contribution in [3.63, 3.8) is 0 Å². The number of anilines is 1. The van der Waals surface area contributed by atoms with Crippen LogP contribution in [0.25, 0.3) is 32.6 Å². The minimum Gasteiger partial charge on any atom is -0.508 e. The number of thiazole rings is 1. The monoisotopic (exact) mass is 436 g/mol. The van der Waals surface area contributed by atoms with E-state index < -0.39 is 7.12 Å². The Morgan fingerprint density at radius 1 is 1.13 bits per heavy atom. The highest BCUT2D eigenvalue weighted by Gasteiger charge is 2.26. The summed E-state index contributed by atoms with van der Waals surface area (Å²) < 4.78 is 15.5. The first-order valence-electron chi connectivity index (χ1n) is 9.06. The largest absolute Gasteiger partial charge is 0.565 e. The Morgan fingerprint density at radius 2 is 1.97 bits per heavy atom. The molecule has 0 fully saturated rings. The van der Waals surface area contributed by atoms with E-state index in [0.717, 1.165) is 16.5 Å². The maximum Gasteiger partial charge on any atom is 0.565 e. The summed E-state index contributed by atoms with van der Waals surface area (Å²) in [5.74, 6) is 0.340. The number of nitrogens with zero attached hydrogens (tertiary/aromatic N) is 3. The molecule has 9 nitrogen and oxygen atoms in total. The number of hydrogen-bond donors (Lipinski definition) is 2. The lowest BCUT2D eigenvalue weighted by atomic mass is 9.76. The van der Waals surface area contributed by atoms with Crippen molar-refractivity contribution in [2.45, 2.75) is 0 Å². The molecule has 4 rings (SSSR count). The van der Waals surface area contributed by atoms with E-state index in [1.807, 2.05) is 18.2 Å². The molecule has 4 aromatic rings. The van der Waals surface area contributed by atoms with E-state index in [1.54, 1.807) is 25.4 Å². The number of ether oxygens (including phenoxy) is 2. The molecule has 0 aliphatic rings. The SMILES string of the molecule is COc1cnc(-c2cc(OC)c(B(O)OC=O)cc2-c2ccc3c(N)cnnc3c2)s1. The van der Waals surface area contributed by atoms with Crippen molar-refractivity contribution in [1.29, 1.82) is 0 Å². The van der Waals surface area contributed by atoms with Gasteiger partial charge in [-0.3, -0.25) is 4.79 Å². The zero-order chi connectivity index (χ0) is 22.0. The number of carbonyl (C=O) groups excluding carboxylic acids is 1. The fourth-order valence-corrected chi connectivity index (χ4v) is 4.00. The Kier molecular flexibility index (Phi) is 5.69. The van der Waals surface area contributed by atoms with E-state index in [4.69, 9.17) is 19.9 Å². The molecule has 0 spiro atoms. The first kappa shape index (κ1) is 20.6. The van der Waals surface area contributed by atoms with Gasteiger partial charge in [-0.1, -0.05) is 17.4 Å². The molecule has 0 saturated heterocycles. The third-order valence-corrected chi connectivity index (χ3v) is 5.71. The van der Waals surface area contributed by atoms with Crippen LogP contribution in [0.4, 0.5) is 5.69 Å². The predicted octanol–water partition coefficient (Wildman–Crippen LogP) is 1.88. The summed E-state index contributed by atoms with van der Waals surface area (Å²) in [4.78, 5) is 15.2. The van der Waals surface area contributed by atoms with Gasteiger partial charge >= 0.3 is 7.12 Å². The van der Waals surface area contributed by atoms with Crippen LogP contribution in [0.1, 0.15) is 0 Å². The Labute approximate surface area is 181 Å². The lowest BCUT2D eigenvalue weighted by Crippen LogP contribution is -2.34. The Bertz CT molecular complexity index is 1270. The fourth-order valence-electron chi connectivity index (χ4n) is 3.24. The van der Waals surface area contributed by atoms with E-state index >= 15 is 0 Å². The molecule has 0 aliphatic carbocycles. The van der Waals surface area contributed by atoms with Gasteiger partial charge in [0, 0.05) is 16.4 Å². The van der Waals surface area contributed by atoms with E-state index in [0.29, 0.717) is 32.6 Å². The van der Waals surface area contributed by atoms with Crippen LogP contribution in [0.2, 0.25) is 0 Å². The molecule has 2 aromatic heterocycles. The molecule has 11 heteroatoms. The quantitative estimate of drug-likeness (QED) is 0.329. The number of nitrogen functional groups attached to an aromatic ring is 1. The Morgan fingerprint density at radius 3 is 2.68 bits per heavy atom. The minimum absolute atomic E-state index is 0.178. The summed E-state index contributed by atoms with van der Waals surface area (Å²) in [6, 6.07) is 8.99. The Balaban J connectivity index is 1.97. The molecule has 3 N–H and O–H groups in total. The van der Waals surface area contributed by atoms with Gasteiger partial charge in [-0.15, -0.1) is 0 Å². The Hall–Kier alpha value is -3.70. The first-order valence-corrected chi connectivity index (χ1v) is 9.88. The van der Waals surface area contributed by atoms with Gasteiger partial charge in [0.15, 0.2) is 5.06 Å². The van der Waals surface area contributed by atoms with E-state index in [2.05, 4.69) is 15.2 Å². The van der Waals surface area contributed by atoms with Crippen LogP contribution in [0.15, 0.2) is 42.7 Å². The van der Waals surface area contributed by atoms with E-state index in [1.165, 1.54) is 24.6 Å². The number of methoxy groups -OCH3 is 2. The topological polar surface area (TPSA) is 130 Å². The molecule has 0 radical (unpaired) electrons. The molecule has 0 atom stereocenters. The number of hydrogen-bond acceptors (Lipinski definition) is 10. The second-order valence-corrected chi connectivity index (χ2v) is 7.44. The lowest BCUT2D eigenvalue weighted by Gasteiger charge is -2.16. The second-order valence-electron chi connectivity index (χ2n) is 6.44.